The first kappa shape index (κ1) is 14.4. The van der Waals surface area contributed by atoms with E-state index in [1.807, 2.05) is 0 Å². The molecule has 0 bridgehead atoms. The van der Waals surface area contributed by atoms with Crippen molar-refractivity contribution in [2.45, 2.75) is 20.3 Å². The van der Waals surface area contributed by atoms with Crippen molar-refractivity contribution < 1.29 is 33.3 Å². The van der Waals surface area contributed by atoms with Crippen LogP contribution < -0.4 is 24.0 Å². The fourth-order valence-electron chi connectivity index (χ4n) is 2.39. The number of carbonyl (C=O) groups is 1. The summed E-state index contributed by atoms with van der Waals surface area (Å²) in [5, 5.41) is 0. The number of halogens is 1. The van der Waals surface area contributed by atoms with Crippen molar-refractivity contribution in [3.8, 4) is 0 Å². The van der Waals surface area contributed by atoms with Crippen LogP contribution >= 0.6 is 0 Å². The second kappa shape index (κ2) is 4.92. The zero-order valence-corrected chi connectivity index (χ0v) is 12.0. The van der Waals surface area contributed by atoms with Crippen LogP contribution in [0.5, 0.6) is 0 Å². The van der Waals surface area contributed by atoms with Gasteiger partial charge in [0.1, 0.15) is 5.78 Å². The van der Waals surface area contributed by atoms with Crippen molar-refractivity contribution in [1.82, 2.24) is 0 Å². The molecule has 1 rings (SSSR count). The van der Waals surface area contributed by atoms with Crippen LogP contribution in [0.25, 0.3) is 0 Å². The first-order valence-corrected chi connectivity index (χ1v) is 5.15. The summed E-state index contributed by atoms with van der Waals surface area (Å²) in [7, 11) is 6.58. The summed E-state index contributed by atoms with van der Waals surface area (Å²) in [6, 6.07) is 0. The zero-order valence-electron chi connectivity index (χ0n) is 9.88. The molecule has 1 aliphatic rings. The number of nitrogens with zero attached hydrogens (tertiary/aromatic N) is 1. The number of Topliss-reactive ketones (excluding diaryl/α,β-unsaturated/α-hetero) is 1. The lowest BCUT2D eigenvalue weighted by Crippen LogP contribution is -3.00. The molecule has 84 valence electrons. The maximum atomic E-state index is 11.6. The van der Waals surface area contributed by atoms with Gasteiger partial charge in [0.2, 0.25) is 0 Å². The van der Waals surface area contributed by atoms with Gasteiger partial charge in [0.05, 0.1) is 27.7 Å². The van der Waals surface area contributed by atoms with E-state index in [1.54, 1.807) is 0 Å². The third-order valence-corrected chi connectivity index (χ3v) is 3.08. The fourth-order valence-corrected chi connectivity index (χ4v) is 2.39. The van der Waals surface area contributed by atoms with E-state index in [4.69, 9.17) is 0 Å². The molecule has 3 heteroatoms. The molecule has 3 atom stereocenters. The largest absolute Gasteiger partial charge is 1.00 e. The molecule has 0 aromatic rings. The molecule has 1 aliphatic carbocycles. The molecule has 1 fully saturated rings. The molecule has 0 aromatic carbocycles. The Balaban J connectivity index is 0.00000169. The summed E-state index contributed by atoms with van der Waals surface area (Å²) in [6.45, 7) is 5.28. The van der Waals surface area contributed by atoms with Crippen molar-refractivity contribution in [3.63, 3.8) is 0 Å². The van der Waals surface area contributed by atoms with Crippen LogP contribution in [-0.2, 0) is 4.79 Å². The van der Waals surface area contributed by atoms with Gasteiger partial charge in [-0.05, 0) is 6.42 Å². The number of quaternary nitrogens is 1. The Labute approximate surface area is 105 Å². The Bertz CT molecular complexity index is 210. The molecule has 2 nitrogen and oxygen atoms in total. The smallest absolute Gasteiger partial charge is 0.139 e. The van der Waals surface area contributed by atoms with E-state index >= 15 is 0 Å². The van der Waals surface area contributed by atoms with E-state index in [1.165, 1.54) is 0 Å². The summed E-state index contributed by atoms with van der Waals surface area (Å²) in [6.07, 6.45) is 1.09. The zero-order chi connectivity index (χ0) is 10.2. The Morgan fingerprint density at radius 2 is 1.79 bits per heavy atom. The van der Waals surface area contributed by atoms with Crippen molar-refractivity contribution in [3.05, 3.63) is 0 Å². The van der Waals surface area contributed by atoms with Crippen LogP contribution in [0.4, 0.5) is 0 Å². The normalized spacial score (nSPS) is 32.9. The minimum atomic E-state index is 0. The van der Waals surface area contributed by atoms with Gasteiger partial charge >= 0.3 is 0 Å². The van der Waals surface area contributed by atoms with E-state index in [0.29, 0.717) is 17.6 Å². The molecule has 0 aromatic heterocycles. The third kappa shape index (κ3) is 3.50. The lowest BCUT2D eigenvalue weighted by molar-refractivity contribution is -0.874. The molecule has 1 saturated carbocycles. The fraction of sp³-hybridized carbons (Fsp3) is 0.909. The standard InChI is InChI=1S/C11H22NO.HI/c1-8-6-10(7-12(3,4)5)9(2)11(8)13;/h8-10H,6-7H2,1-5H3;1H/q+1;/p-1. The minimum absolute atomic E-state index is 0. The monoisotopic (exact) mass is 311 g/mol. The summed E-state index contributed by atoms with van der Waals surface area (Å²) in [5.41, 5.74) is 0. The Hall–Kier alpha value is 0.360. The van der Waals surface area contributed by atoms with Crippen molar-refractivity contribution in [1.29, 1.82) is 0 Å². The number of carbonyl (C=O) groups excluding carboxylic acids is 1. The number of rotatable bonds is 2. The molecule has 0 saturated heterocycles. The van der Waals surface area contributed by atoms with Gasteiger partial charge in [-0.1, -0.05) is 13.8 Å². The average molecular weight is 311 g/mol. The highest BCUT2D eigenvalue weighted by Crippen LogP contribution is 2.33. The number of hydrogen-bond acceptors (Lipinski definition) is 1. The van der Waals surface area contributed by atoms with Gasteiger partial charge in [0.15, 0.2) is 0 Å². The molecule has 14 heavy (non-hydrogen) atoms. The minimum Gasteiger partial charge on any atom is -1.00 e. The lowest BCUT2D eigenvalue weighted by Gasteiger charge is -2.28. The lowest BCUT2D eigenvalue weighted by atomic mass is 9.97. The Morgan fingerprint density at radius 1 is 1.29 bits per heavy atom. The van der Waals surface area contributed by atoms with Crippen LogP contribution in [0.3, 0.4) is 0 Å². The molecular formula is C11H22INO. The van der Waals surface area contributed by atoms with E-state index in [2.05, 4.69) is 35.0 Å². The molecule has 0 N–H and O–H groups in total. The summed E-state index contributed by atoms with van der Waals surface area (Å²) >= 11 is 0. The highest BCUT2D eigenvalue weighted by atomic mass is 127. The number of ketones is 1. The van der Waals surface area contributed by atoms with Crippen LogP contribution in [0, 0.1) is 17.8 Å². The van der Waals surface area contributed by atoms with Crippen molar-refractivity contribution in [2.75, 3.05) is 27.7 Å². The second-order valence-corrected chi connectivity index (χ2v) is 5.56. The molecule has 0 spiro atoms. The first-order chi connectivity index (χ1) is 5.81. The van der Waals surface area contributed by atoms with E-state index in [9.17, 15) is 4.79 Å². The van der Waals surface area contributed by atoms with Crippen LogP contribution in [0.1, 0.15) is 20.3 Å². The maximum absolute atomic E-state index is 11.6. The van der Waals surface area contributed by atoms with Crippen LogP contribution in [-0.4, -0.2) is 38.0 Å². The maximum Gasteiger partial charge on any atom is 0.139 e. The number of hydrogen-bond donors (Lipinski definition) is 0. The van der Waals surface area contributed by atoms with Gasteiger partial charge in [0.25, 0.3) is 0 Å². The Kier molecular flexibility index (Phi) is 5.05. The summed E-state index contributed by atoms with van der Waals surface area (Å²) in [4.78, 5) is 11.6. The van der Waals surface area contributed by atoms with Crippen molar-refractivity contribution in [2.24, 2.45) is 17.8 Å². The SMILES string of the molecule is CC1CC(C[N+](C)(C)C)C(C)C1=O.[I-]. The molecule has 0 amide bonds. The van der Waals surface area contributed by atoms with Gasteiger partial charge in [0, 0.05) is 17.8 Å². The Morgan fingerprint density at radius 3 is 2.07 bits per heavy atom. The van der Waals surface area contributed by atoms with Gasteiger partial charge in [-0.2, -0.15) is 0 Å². The van der Waals surface area contributed by atoms with E-state index in [-0.39, 0.29) is 29.9 Å². The van der Waals surface area contributed by atoms with Crippen molar-refractivity contribution >= 4 is 5.78 Å². The van der Waals surface area contributed by atoms with Gasteiger partial charge < -0.3 is 28.5 Å². The summed E-state index contributed by atoms with van der Waals surface area (Å²) in [5.74, 6) is 1.65. The van der Waals surface area contributed by atoms with Crippen LogP contribution in [0.2, 0.25) is 0 Å². The van der Waals surface area contributed by atoms with E-state index in [0.717, 1.165) is 17.4 Å². The topological polar surface area (TPSA) is 17.1 Å². The second-order valence-electron chi connectivity index (χ2n) is 5.56. The molecule has 0 radical (unpaired) electrons. The highest BCUT2D eigenvalue weighted by Gasteiger charge is 2.39. The van der Waals surface area contributed by atoms with Gasteiger partial charge in [-0.15, -0.1) is 0 Å². The summed E-state index contributed by atoms with van der Waals surface area (Å²) < 4.78 is 0.967. The van der Waals surface area contributed by atoms with Gasteiger partial charge in [-0.25, -0.2) is 0 Å². The molecule has 0 aliphatic heterocycles. The van der Waals surface area contributed by atoms with E-state index < -0.39 is 0 Å². The highest BCUT2D eigenvalue weighted by molar-refractivity contribution is 5.85. The predicted octanol–water partition coefficient (Wildman–Crippen LogP) is -1.44. The van der Waals surface area contributed by atoms with Crippen LogP contribution in [0.15, 0.2) is 0 Å². The molecule has 0 heterocycles. The quantitative estimate of drug-likeness (QED) is 0.451. The van der Waals surface area contributed by atoms with Gasteiger partial charge in [-0.3, -0.25) is 4.79 Å². The predicted molar refractivity (Wildman–Crippen MR) is 54.3 cm³/mol. The third-order valence-electron chi connectivity index (χ3n) is 3.08. The average Bonchev–Trinajstić information content (AvgIpc) is 2.15. The molecular weight excluding hydrogens is 289 g/mol. The first-order valence-electron chi connectivity index (χ1n) is 5.15. The molecule has 3 unspecified atom stereocenters.